The Hall–Kier alpha value is -1.14. The fourth-order valence-corrected chi connectivity index (χ4v) is 1.00. The summed E-state index contributed by atoms with van der Waals surface area (Å²) < 4.78 is 0. The van der Waals surface area contributed by atoms with Crippen molar-refractivity contribution in [3.05, 3.63) is 11.6 Å². The highest BCUT2D eigenvalue weighted by Gasteiger charge is 2.16. The number of nitrogens with two attached hydrogens (primary N) is 1. The molecule has 0 radical (unpaired) electrons. The predicted octanol–water partition coefficient (Wildman–Crippen LogP) is 0.127. The molecular weight excluding hydrogens is 128 g/mol. The minimum absolute atomic E-state index is 0.0321. The van der Waals surface area contributed by atoms with E-state index in [1.807, 2.05) is 6.07 Å². The molecule has 0 amide bonds. The van der Waals surface area contributed by atoms with Gasteiger partial charge in [0, 0.05) is 18.0 Å². The van der Waals surface area contributed by atoms with Gasteiger partial charge in [-0.2, -0.15) is 5.26 Å². The van der Waals surface area contributed by atoms with Crippen LogP contribution >= 0.6 is 0 Å². The standard InChI is InChI=1S/C7H8N2O/c8-4-5-1-6(9)3-7(10)2-5/h2,6H,1,3,9H2/t6-/m0/s1. The van der Waals surface area contributed by atoms with Crippen LogP contribution < -0.4 is 5.73 Å². The molecule has 0 spiro atoms. The summed E-state index contributed by atoms with van der Waals surface area (Å²) in [4.78, 5) is 10.7. The third-order valence-electron chi connectivity index (χ3n) is 1.42. The van der Waals surface area contributed by atoms with Crippen molar-refractivity contribution in [1.82, 2.24) is 0 Å². The Kier molecular flexibility index (Phi) is 1.83. The van der Waals surface area contributed by atoms with Crippen LogP contribution in [0, 0.1) is 11.3 Å². The Bertz CT molecular complexity index is 224. The molecule has 0 saturated heterocycles. The van der Waals surface area contributed by atoms with E-state index in [1.165, 1.54) is 6.08 Å². The molecule has 3 heteroatoms. The monoisotopic (exact) mass is 136 g/mol. The largest absolute Gasteiger partial charge is 0.327 e. The van der Waals surface area contributed by atoms with Crippen LogP contribution in [0.5, 0.6) is 0 Å². The van der Waals surface area contributed by atoms with Crippen LogP contribution in [0.3, 0.4) is 0 Å². The van der Waals surface area contributed by atoms with E-state index in [1.54, 1.807) is 0 Å². The molecule has 3 nitrogen and oxygen atoms in total. The summed E-state index contributed by atoms with van der Waals surface area (Å²) in [6.07, 6.45) is 2.30. The van der Waals surface area contributed by atoms with Crippen LogP contribution in [0.2, 0.25) is 0 Å². The van der Waals surface area contributed by atoms with Gasteiger partial charge in [0.1, 0.15) is 0 Å². The van der Waals surface area contributed by atoms with Crippen LogP contribution in [0.1, 0.15) is 12.8 Å². The Balaban J connectivity index is 2.77. The summed E-state index contributed by atoms with van der Waals surface area (Å²) >= 11 is 0. The van der Waals surface area contributed by atoms with Gasteiger partial charge in [0.2, 0.25) is 0 Å². The smallest absolute Gasteiger partial charge is 0.158 e. The number of allylic oxidation sites excluding steroid dienone is 1. The lowest BCUT2D eigenvalue weighted by Crippen LogP contribution is -2.26. The maximum Gasteiger partial charge on any atom is 0.158 e. The van der Waals surface area contributed by atoms with E-state index in [2.05, 4.69) is 0 Å². The molecule has 2 N–H and O–H groups in total. The molecule has 52 valence electrons. The maximum absolute atomic E-state index is 10.7. The second-order valence-corrected chi connectivity index (χ2v) is 2.42. The van der Waals surface area contributed by atoms with Crippen molar-refractivity contribution in [2.75, 3.05) is 0 Å². The molecular formula is C7H8N2O. The molecule has 0 heterocycles. The van der Waals surface area contributed by atoms with E-state index in [4.69, 9.17) is 11.0 Å². The van der Waals surface area contributed by atoms with Gasteiger partial charge >= 0.3 is 0 Å². The maximum atomic E-state index is 10.7. The van der Waals surface area contributed by atoms with Crippen LogP contribution in [-0.2, 0) is 4.79 Å². The fourth-order valence-electron chi connectivity index (χ4n) is 1.00. The summed E-state index contributed by atoms with van der Waals surface area (Å²) in [6.45, 7) is 0. The Morgan fingerprint density at radius 1 is 1.70 bits per heavy atom. The zero-order valence-corrected chi connectivity index (χ0v) is 5.50. The van der Waals surface area contributed by atoms with Gasteiger partial charge in [-0.05, 0) is 12.5 Å². The van der Waals surface area contributed by atoms with Crippen molar-refractivity contribution >= 4 is 5.78 Å². The van der Waals surface area contributed by atoms with Crippen molar-refractivity contribution < 1.29 is 4.79 Å². The minimum atomic E-state index is -0.146. The van der Waals surface area contributed by atoms with E-state index in [0.29, 0.717) is 18.4 Å². The lowest BCUT2D eigenvalue weighted by molar-refractivity contribution is -0.115. The van der Waals surface area contributed by atoms with E-state index in [9.17, 15) is 4.79 Å². The Morgan fingerprint density at radius 3 is 2.90 bits per heavy atom. The van der Waals surface area contributed by atoms with Crippen LogP contribution in [0.15, 0.2) is 11.6 Å². The zero-order chi connectivity index (χ0) is 7.56. The second kappa shape index (κ2) is 2.63. The van der Waals surface area contributed by atoms with E-state index < -0.39 is 0 Å². The quantitative estimate of drug-likeness (QED) is 0.514. The predicted molar refractivity (Wildman–Crippen MR) is 35.9 cm³/mol. The lowest BCUT2D eigenvalue weighted by Gasteiger charge is -2.12. The number of hydrogen-bond acceptors (Lipinski definition) is 3. The van der Waals surface area contributed by atoms with Gasteiger partial charge in [-0.25, -0.2) is 0 Å². The molecule has 0 aliphatic heterocycles. The topological polar surface area (TPSA) is 66.9 Å². The van der Waals surface area contributed by atoms with Crippen molar-refractivity contribution in [3.8, 4) is 6.07 Å². The number of ketones is 1. The first-order chi connectivity index (χ1) is 4.72. The number of rotatable bonds is 0. The first-order valence-corrected chi connectivity index (χ1v) is 3.11. The Labute approximate surface area is 59.1 Å². The minimum Gasteiger partial charge on any atom is -0.327 e. The molecule has 0 aromatic heterocycles. The second-order valence-electron chi connectivity index (χ2n) is 2.42. The van der Waals surface area contributed by atoms with Crippen molar-refractivity contribution in [2.45, 2.75) is 18.9 Å². The molecule has 0 fully saturated rings. The molecule has 1 rings (SSSR count). The third-order valence-corrected chi connectivity index (χ3v) is 1.42. The molecule has 1 aliphatic carbocycles. The van der Waals surface area contributed by atoms with Crippen LogP contribution in [0.25, 0.3) is 0 Å². The molecule has 0 bridgehead atoms. The first-order valence-electron chi connectivity index (χ1n) is 3.11. The molecule has 1 atom stereocenters. The zero-order valence-electron chi connectivity index (χ0n) is 5.50. The molecule has 0 aromatic rings. The number of carbonyl (C=O) groups excluding carboxylic acids is 1. The third kappa shape index (κ3) is 1.42. The summed E-state index contributed by atoms with van der Waals surface area (Å²) in [5, 5.41) is 8.40. The van der Waals surface area contributed by atoms with E-state index in [0.717, 1.165) is 0 Å². The van der Waals surface area contributed by atoms with Gasteiger partial charge in [0.25, 0.3) is 0 Å². The van der Waals surface area contributed by atoms with Crippen LogP contribution in [0.4, 0.5) is 0 Å². The number of nitrogens with zero attached hydrogens (tertiary/aromatic N) is 1. The normalized spacial score (nSPS) is 25.4. The van der Waals surface area contributed by atoms with Crippen molar-refractivity contribution in [3.63, 3.8) is 0 Å². The molecule has 0 unspecified atom stereocenters. The lowest BCUT2D eigenvalue weighted by atomic mass is 9.95. The van der Waals surface area contributed by atoms with E-state index >= 15 is 0 Å². The number of hydrogen-bond donors (Lipinski definition) is 1. The Morgan fingerprint density at radius 2 is 2.40 bits per heavy atom. The highest BCUT2D eigenvalue weighted by atomic mass is 16.1. The summed E-state index contributed by atoms with van der Waals surface area (Å²) in [6, 6.07) is 1.78. The summed E-state index contributed by atoms with van der Waals surface area (Å²) in [5.74, 6) is -0.0321. The molecule has 0 aromatic carbocycles. The molecule has 10 heavy (non-hydrogen) atoms. The summed E-state index contributed by atoms with van der Waals surface area (Å²) in [7, 11) is 0. The fraction of sp³-hybridized carbons (Fsp3) is 0.429. The van der Waals surface area contributed by atoms with Crippen molar-refractivity contribution in [2.24, 2.45) is 5.73 Å². The van der Waals surface area contributed by atoms with Crippen LogP contribution in [-0.4, -0.2) is 11.8 Å². The van der Waals surface area contributed by atoms with Gasteiger partial charge in [0.15, 0.2) is 5.78 Å². The SMILES string of the molecule is N#CC1=CC(=O)C[C@@H](N)C1. The molecule has 1 aliphatic rings. The van der Waals surface area contributed by atoms with Gasteiger partial charge in [-0.15, -0.1) is 0 Å². The number of carbonyl (C=O) groups is 1. The van der Waals surface area contributed by atoms with Gasteiger partial charge < -0.3 is 5.73 Å². The van der Waals surface area contributed by atoms with E-state index in [-0.39, 0.29) is 11.8 Å². The average molecular weight is 136 g/mol. The van der Waals surface area contributed by atoms with Gasteiger partial charge in [-0.1, -0.05) is 0 Å². The van der Waals surface area contributed by atoms with Crippen molar-refractivity contribution in [1.29, 1.82) is 5.26 Å². The summed E-state index contributed by atoms with van der Waals surface area (Å²) in [5.41, 5.74) is 5.98. The molecule has 0 saturated carbocycles. The average Bonchev–Trinajstić information content (AvgIpc) is 1.85. The van der Waals surface area contributed by atoms with Gasteiger partial charge in [0.05, 0.1) is 6.07 Å². The first kappa shape index (κ1) is 6.97. The number of nitriles is 1. The highest BCUT2D eigenvalue weighted by Crippen LogP contribution is 2.12. The van der Waals surface area contributed by atoms with Gasteiger partial charge in [-0.3, -0.25) is 4.79 Å². The highest BCUT2D eigenvalue weighted by molar-refractivity contribution is 5.92.